The van der Waals surface area contributed by atoms with Crippen LogP contribution in [0.4, 0.5) is 28.1 Å². The molecule has 2 fully saturated rings. The molecule has 3 N–H and O–H groups in total. The molecule has 2 unspecified atom stereocenters. The van der Waals surface area contributed by atoms with E-state index in [4.69, 9.17) is 19.4 Å². The minimum absolute atomic E-state index is 0.0252. The Kier molecular flexibility index (Phi) is 8.25. The van der Waals surface area contributed by atoms with E-state index in [2.05, 4.69) is 68.7 Å². The van der Waals surface area contributed by atoms with E-state index in [0.29, 0.717) is 63.4 Å². The second-order valence-corrected chi connectivity index (χ2v) is 11.7. The number of methoxy groups -OCH3 is 1. The van der Waals surface area contributed by atoms with Crippen molar-refractivity contribution in [3.63, 3.8) is 0 Å². The Labute approximate surface area is 257 Å². The number of benzene rings is 1. The molecule has 0 saturated carbocycles. The average Bonchev–Trinajstić information content (AvgIpc) is 3.76. The average molecular weight is 656 g/mol. The van der Waals surface area contributed by atoms with Crippen molar-refractivity contribution in [2.75, 3.05) is 80.4 Å². The van der Waals surface area contributed by atoms with Crippen molar-refractivity contribution in [2.24, 2.45) is 0 Å². The van der Waals surface area contributed by atoms with Gasteiger partial charge in [0.1, 0.15) is 12.8 Å². The lowest BCUT2D eigenvalue weighted by molar-refractivity contribution is -0.127. The second-order valence-electron chi connectivity index (χ2n) is 10.9. The molecule has 2 saturated heterocycles. The molecule has 2 amide bonds. The molecule has 15 heteroatoms. The number of hydrogen-bond acceptors (Lipinski definition) is 11. The molecule has 3 aromatic rings. The summed E-state index contributed by atoms with van der Waals surface area (Å²) in [7, 11) is 1.64. The van der Waals surface area contributed by atoms with Crippen LogP contribution in [0.25, 0.3) is 5.65 Å². The molecule has 43 heavy (non-hydrogen) atoms. The van der Waals surface area contributed by atoms with Crippen LogP contribution in [0, 0.1) is 6.92 Å². The van der Waals surface area contributed by atoms with Gasteiger partial charge in [-0.3, -0.25) is 4.79 Å². The molecule has 2 atom stereocenters. The number of carbonyl (C=O) groups is 2. The number of hydrogen-bond donors (Lipinski definition) is 3. The Morgan fingerprint density at radius 3 is 2.67 bits per heavy atom. The van der Waals surface area contributed by atoms with Crippen molar-refractivity contribution in [1.82, 2.24) is 29.4 Å². The van der Waals surface area contributed by atoms with Crippen LogP contribution in [0.15, 0.2) is 41.0 Å². The number of piperazine rings is 1. The quantitative estimate of drug-likeness (QED) is 0.309. The first-order valence-electron chi connectivity index (χ1n) is 14.2. The smallest absolute Gasteiger partial charge is 0.410 e. The number of amides is 2. The summed E-state index contributed by atoms with van der Waals surface area (Å²) in [6.45, 7) is 9.31. The molecule has 2 aromatic heterocycles. The van der Waals surface area contributed by atoms with Crippen LogP contribution >= 0.6 is 15.9 Å². The molecular formula is C28H35BrN10O4. The third-order valence-corrected chi connectivity index (χ3v) is 8.43. The highest BCUT2D eigenvalue weighted by Gasteiger charge is 2.29. The summed E-state index contributed by atoms with van der Waals surface area (Å²) in [6.07, 6.45) is 2.01. The van der Waals surface area contributed by atoms with E-state index in [9.17, 15) is 9.59 Å². The number of anilines is 4. The summed E-state index contributed by atoms with van der Waals surface area (Å²) in [5.41, 5.74) is 4.21. The Morgan fingerprint density at radius 2 is 1.91 bits per heavy atom. The van der Waals surface area contributed by atoms with Gasteiger partial charge in [0.05, 0.1) is 34.7 Å². The third-order valence-electron chi connectivity index (χ3n) is 7.87. The zero-order valence-corrected chi connectivity index (χ0v) is 25.8. The zero-order chi connectivity index (χ0) is 30.1. The molecule has 14 nitrogen and oxygen atoms in total. The predicted molar refractivity (Wildman–Crippen MR) is 165 cm³/mol. The van der Waals surface area contributed by atoms with Gasteiger partial charge in [-0.1, -0.05) is 12.6 Å². The summed E-state index contributed by atoms with van der Waals surface area (Å²) in [4.78, 5) is 40.3. The van der Waals surface area contributed by atoms with Crippen molar-refractivity contribution < 1.29 is 19.1 Å². The van der Waals surface area contributed by atoms with E-state index in [1.807, 2.05) is 4.90 Å². The third kappa shape index (κ3) is 6.18. The highest BCUT2D eigenvalue weighted by molar-refractivity contribution is 9.10. The van der Waals surface area contributed by atoms with Crippen LogP contribution in [0.1, 0.15) is 12.0 Å². The number of likely N-dealkylation sites (tertiary alicyclic amines) is 1. The Morgan fingerprint density at radius 1 is 1.12 bits per heavy atom. The fourth-order valence-electron chi connectivity index (χ4n) is 5.43. The summed E-state index contributed by atoms with van der Waals surface area (Å²) >= 11 is 3.54. The van der Waals surface area contributed by atoms with Gasteiger partial charge in [0.25, 0.3) is 5.91 Å². The molecule has 0 spiro atoms. The Bertz CT molecular complexity index is 1540. The van der Waals surface area contributed by atoms with Crippen molar-refractivity contribution >= 4 is 56.8 Å². The predicted octanol–water partition coefficient (Wildman–Crippen LogP) is 2.53. The molecule has 3 aliphatic rings. The number of halogens is 1. The van der Waals surface area contributed by atoms with Crippen LogP contribution < -0.4 is 20.9 Å². The lowest BCUT2D eigenvalue weighted by atomic mass is 10.2. The van der Waals surface area contributed by atoms with Gasteiger partial charge in [0.15, 0.2) is 5.65 Å². The number of fused-ring (bicyclic) bond motifs is 2. The zero-order valence-electron chi connectivity index (χ0n) is 24.2. The highest BCUT2D eigenvalue weighted by Crippen LogP contribution is 2.30. The molecule has 5 heterocycles. The van der Waals surface area contributed by atoms with Gasteiger partial charge in [0.2, 0.25) is 11.9 Å². The van der Waals surface area contributed by atoms with Gasteiger partial charge >= 0.3 is 6.09 Å². The van der Waals surface area contributed by atoms with Crippen molar-refractivity contribution in [1.29, 1.82) is 0 Å². The van der Waals surface area contributed by atoms with Gasteiger partial charge in [-0.15, -0.1) is 0 Å². The van der Waals surface area contributed by atoms with Gasteiger partial charge in [-0.25, -0.2) is 4.79 Å². The van der Waals surface area contributed by atoms with Crippen LogP contribution in [-0.4, -0.2) is 113 Å². The van der Waals surface area contributed by atoms with Gasteiger partial charge < -0.3 is 40.1 Å². The molecule has 1 aromatic carbocycles. The minimum Gasteiger partial charge on any atom is -0.444 e. The fraction of sp³-hybridized carbons (Fsp3) is 0.464. The summed E-state index contributed by atoms with van der Waals surface area (Å²) in [6, 6.07) is 6.26. The maximum Gasteiger partial charge on any atom is 0.410 e. The topological polar surface area (TPSA) is 141 Å². The molecule has 0 radical (unpaired) electrons. The maximum absolute atomic E-state index is 12.8. The molecule has 0 aliphatic carbocycles. The number of nitrogens with one attached hydrogen (secondary N) is 3. The van der Waals surface area contributed by atoms with E-state index in [0.717, 1.165) is 22.3 Å². The number of aromatic nitrogens is 4. The molecular weight excluding hydrogens is 620 g/mol. The highest BCUT2D eigenvalue weighted by atomic mass is 79.9. The van der Waals surface area contributed by atoms with E-state index in [1.165, 1.54) is 5.56 Å². The lowest BCUT2D eigenvalue weighted by Gasteiger charge is -2.34. The first kappa shape index (κ1) is 29.0. The van der Waals surface area contributed by atoms with E-state index in [-0.39, 0.29) is 30.4 Å². The van der Waals surface area contributed by atoms with E-state index >= 15 is 0 Å². The summed E-state index contributed by atoms with van der Waals surface area (Å²) in [5, 5.41) is 14.8. The summed E-state index contributed by atoms with van der Waals surface area (Å²) in [5.74, 6) is 0.884. The van der Waals surface area contributed by atoms with Crippen molar-refractivity contribution in [3.05, 3.63) is 46.6 Å². The van der Waals surface area contributed by atoms with Gasteiger partial charge in [-0.05, 0) is 47.0 Å². The number of carbonyl (C=O) groups excluding carboxylic acids is 2. The molecule has 6 rings (SSSR count). The Balaban J connectivity index is 1.04. The van der Waals surface area contributed by atoms with Gasteiger partial charge in [-0.2, -0.15) is 19.6 Å². The number of aryl methyl sites for hydroxylation is 1. The number of rotatable bonds is 8. The van der Waals surface area contributed by atoms with Gasteiger partial charge in [0, 0.05) is 52.0 Å². The van der Waals surface area contributed by atoms with Crippen molar-refractivity contribution in [3.8, 4) is 0 Å². The first-order valence-corrected chi connectivity index (χ1v) is 15.0. The van der Waals surface area contributed by atoms with Crippen LogP contribution in [-0.2, 0) is 14.3 Å². The van der Waals surface area contributed by atoms with E-state index < -0.39 is 6.09 Å². The monoisotopic (exact) mass is 654 g/mol. The standard InChI is InChI=1S/C28H35BrN10O4/c1-17-4-5-21-22(12-17)33-23(32-21)14-30-26-35-27(34-24-20(29)13-31-39(24)26)36-8-10-37(11-9-36)28(41)43-16-18(2)25(40)38-7-6-19(15-38)42-3/h4-5,12-13,19,23,32-33H,2,6-11,14-16H2,1,3H3,(H,30,34,35). The SMILES string of the molecule is C=C(COC(=O)N1CCN(c2nc(NCC3Nc4ccc(C)cc4N3)n3ncc(Br)c3n2)CC1)C(=O)N1CCC(OC)C1. The van der Waals surface area contributed by atoms with E-state index in [1.54, 1.807) is 27.6 Å². The first-order chi connectivity index (χ1) is 20.8. The Hall–Kier alpha value is -4.11. The van der Waals surface area contributed by atoms with Crippen LogP contribution in [0.3, 0.4) is 0 Å². The number of nitrogens with zero attached hydrogens (tertiary/aromatic N) is 7. The minimum atomic E-state index is -0.477. The van der Waals surface area contributed by atoms with Crippen LogP contribution in [0.5, 0.6) is 0 Å². The fourth-order valence-corrected chi connectivity index (χ4v) is 5.77. The van der Waals surface area contributed by atoms with Crippen LogP contribution in [0.2, 0.25) is 0 Å². The molecule has 0 bridgehead atoms. The molecule has 228 valence electrons. The molecule has 3 aliphatic heterocycles. The summed E-state index contributed by atoms with van der Waals surface area (Å²) < 4.78 is 13.2. The largest absolute Gasteiger partial charge is 0.444 e. The lowest BCUT2D eigenvalue weighted by Crippen LogP contribution is -2.49. The number of ether oxygens (including phenoxy) is 2. The second kappa shape index (κ2) is 12.2. The normalized spacial score (nSPS) is 19.7. The van der Waals surface area contributed by atoms with Crippen molar-refractivity contribution in [2.45, 2.75) is 25.6 Å². The maximum atomic E-state index is 12.8.